The van der Waals surface area contributed by atoms with Gasteiger partial charge in [-0.2, -0.15) is 0 Å². The molecule has 0 aromatic rings. The number of hydrogen-bond acceptors (Lipinski definition) is 2. The normalized spacial score (nSPS) is 16.6. The van der Waals surface area contributed by atoms with E-state index in [2.05, 4.69) is 58.7 Å². The van der Waals surface area contributed by atoms with E-state index in [0.717, 1.165) is 13.0 Å². The van der Waals surface area contributed by atoms with Crippen molar-refractivity contribution in [1.29, 1.82) is 0 Å². The lowest BCUT2D eigenvalue weighted by Gasteiger charge is -2.34. The van der Waals surface area contributed by atoms with Crippen LogP contribution in [0.1, 0.15) is 67.7 Å². The van der Waals surface area contributed by atoms with E-state index in [1.165, 1.54) is 12.8 Å². The van der Waals surface area contributed by atoms with Crippen molar-refractivity contribution in [3.05, 3.63) is 0 Å². The molecule has 0 unspecified atom stereocenters. The van der Waals surface area contributed by atoms with Crippen molar-refractivity contribution in [2.75, 3.05) is 13.1 Å². The molecule has 1 N–H and O–H groups in total. The standard InChI is InChI=1S/C17H34N2O/c1-13(2)11-19(14-8-9-14)15(20)10-18-17(6,7)12-16(3,4)5/h13-14,18H,8-12H2,1-7H3. The first-order valence-corrected chi connectivity index (χ1v) is 8.05. The molecular formula is C17H34N2O. The zero-order chi connectivity index (χ0) is 15.6. The maximum absolute atomic E-state index is 12.4. The minimum Gasteiger partial charge on any atom is -0.338 e. The average Bonchev–Trinajstić information content (AvgIpc) is 3.02. The van der Waals surface area contributed by atoms with E-state index >= 15 is 0 Å². The molecule has 1 amide bonds. The van der Waals surface area contributed by atoms with Gasteiger partial charge in [0.2, 0.25) is 5.91 Å². The fourth-order valence-corrected chi connectivity index (χ4v) is 3.04. The van der Waals surface area contributed by atoms with Gasteiger partial charge >= 0.3 is 0 Å². The van der Waals surface area contributed by atoms with Gasteiger partial charge in [-0.05, 0) is 44.4 Å². The minimum atomic E-state index is 0.000954. The number of nitrogens with zero attached hydrogens (tertiary/aromatic N) is 1. The molecule has 118 valence electrons. The van der Waals surface area contributed by atoms with Gasteiger partial charge in [0.25, 0.3) is 0 Å². The van der Waals surface area contributed by atoms with Crippen LogP contribution in [0.2, 0.25) is 0 Å². The molecule has 3 heteroatoms. The van der Waals surface area contributed by atoms with E-state index < -0.39 is 0 Å². The van der Waals surface area contributed by atoms with Crippen LogP contribution in [0.15, 0.2) is 0 Å². The lowest BCUT2D eigenvalue weighted by molar-refractivity contribution is -0.131. The van der Waals surface area contributed by atoms with Crippen LogP contribution >= 0.6 is 0 Å². The molecule has 3 nitrogen and oxygen atoms in total. The van der Waals surface area contributed by atoms with Crippen molar-refractivity contribution < 1.29 is 4.79 Å². The molecule has 1 aliphatic rings. The molecular weight excluding hydrogens is 248 g/mol. The molecule has 1 rings (SSSR count). The largest absolute Gasteiger partial charge is 0.338 e. The van der Waals surface area contributed by atoms with Crippen molar-refractivity contribution >= 4 is 5.91 Å². The van der Waals surface area contributed by atoms with E-state index in [0.29, 0.717) is 18.5 Å². The Morgan fingerprint density at radius 2 is 1.75 bits per heavy atom. The van der Waals surface area contributed by atoms with Crippen molar-refractivity contribution in [1.82, 2.24) is 10.2 Å². The van der Waals surface area contributed by atoms with Crippen molar-refractivity contribution in [2.24, 2.45) is 11.3 Å². The first-order chi connectivity index (χ1) is 9.00. The summed E-state index contributed by atoms with van der Waals surface area (Å²) >= 11 is 0. The first kappa shape index (κ1) is 17.5. The Morgan fingerprint density at radius 3 is 2.15 bits per heavy atom. The van der Waals surface area contributed by atoms with Gasteiger partial charge in [0.1, 0.15) is 0 Å². The van der Waals surface area contributed by atoms with Gasteiger partial charge < -0.3 is 10.2 Å². The summed E-state index contributed by atoms with van der Waals surface area (Å²) in [6.07, 6.45) is 3.43. The van der Waals surface area contributed by atoms with Crippen LogP contribution < -0.4 is 5.32 Å². The lowest BCUT2D eigenvalue weighted by Crippen LogP contribution is -2.49. The van der Waals surface area contributed by atoms with Gasteiger partial charge in [-0.15, -0.1) is 0 Å². The summed E-state index contributed by atoms with van der Waals surface area (Å²) in [4.78, 5) is 14.5. The topological polar surface area (TPSA) is 32.3 Å². The zero-order valence-corrected chi connectivity index (χ0v) is 14.5. The summed E-state index contributed by atoms with van der Waals surface area (Å²) in [5.41, 5.74) is 0.272. The lowest BCUT2D eigenvalue weighted by atomic mass is 9.82. The number of rotatable bonds is 7. The number of amides is 1. The molecule has 0 saturated heterocycles. The fraction of sp³-hybridized carbons (Fsp3) is 0.941. The number of carbonyl (C=O) groups is 1. The SMILES string of the molecule is CC(C)CN(C(=O)CNC(C)(C)CC(C)(C)C)C1CC1. The number of hydrogen-bond donors (Lipinski definition) is 1. The van der Waals surface area contributed by atoms with Crippen LogP contribution in [0.3, 0.4) is 0 Å². The second-order valence-corrected chi connectivity index (χ2v) is 8.65. The molecule has 0 heterocycles. The first-order valence-electron chi connectivity index (χ1n) is 8.05. The Labute approximate surface area is 125 Å². The quantitative estimate of drug-likeness (QED) is 0.776. The third-order valence-electron chi connectivity index (χ3n) is 3.56. The molecule has 0 atom stereocenters. The summed E-state index contributed by atoms with van der Waals surface area (Å²) in [7, 11) is 0. The van der Waals surface area contributed by atoms with Gasteiger partial charge in [-0.1, -0.05) is 34.6 Å². The van der Waals surface area contributed by atoms with E-state index in [9.17, 15) is 4.79 Å². The highest BCUT2D eigenvalue weighted by Crippen LogP contribution is 2.28. The molecule has 0 aromatic heterocycles. The summed E-state index contributed by atoms with van der Waals surface area (Å²) in [5.74, 6) is 0.810. The third-order valence-corrected chi connectivity index (χ3v) is 3.56. The molecule has 1 aliphatic carbocycles. The molecule has 1 saturated carbocycles. The summed E-state index contributed by atoms with van der Waals surface area (Å²) in [5, 5.41) is 3.46. The van der Waals surface area contributed by atoms with Crippen LogP contribution in [-0.4, -0.2) is 35.5 Å². The van der Waals surface area contributed by atoms with Crippen molar-refractivity contribution in [3.8, 4) is 0 Å². The minimum absolute atomic E-state index is 0.000954. The Bertz CT molecular complexity index is 324. The molecule has 20 heavy (non-hydrogen) atoms. The Morgan fingerprint density at radius 1 is 1.20 bits per heavy atom. The Hall–Kier alpha value is -0.570. The van der Waals surface area contributed by atoms with Crippen LogP contribution in [0.25, 0.3) is 0 Å². The highest BCUT2D eigenvalue weighted by atomic mass is 16.2. The van der Waals surface area contributed by atoms with Crippen LogP contribution in [0, 0.1) is 11.3 Å². The second-order valence-electron chi connectivity index (χ2n) is 8.65. The average molecular weight is 282 g/mol. The van der Waals surface area contributed by atoms with Gasteiger partial charge in [0, 0.05) is 18.1 Å². The monoisotopic (exact) mass is 282 g/mol. The molecule has 1 fully saturated rings. The zero-order valence-electron chi connectivity index (χ0n) is 14.5. The van der Waals surface area contributed by atoms with Crippen molar-refractivity contribution in [3.63, 3.8) is 0 Å². The maximum atomic E-state index is 12.4. The van der Waals surface area contributed by atoms with Gasteiger partial charge in [-0.25, -0.2) is 0 Å². The van der Waals surface area contributed by atoms with E-state index in [-0.39, 0.29) is 16.9 Å². The third kappa shape index (κ3) is 6.74. The highest BCUT2D eigenvalue weighted by Gasteiger charge is 2.33. The maximum Gasteiger partial charge on any atom is 0.236 e. The predicted molar refractivity (Wildman–Crippen MR) is 85.7 cm³/mol. The molecule has 0 radical (unpaired) electrons. The Kier molecular flexibility index (Phi) is 5.65. The van der Waals surface area contributed by atoms with E-state index in [4.69, 9.17) is 0 Å². The second kappa shape index (κ2) is 6.46. The van der Waals surface area contributed by atoms with Crippen LogP contribution in [0.5, 0.6) is 0 Å². The van der Waals surface area contributed by atoms with Gasteiger partial charge in [0.15, 0.2) is 0 Å². The molecule has 0 aliphatic heterocycles. The molecule has 0 bridgehead atoms. The number of carbonyl (C=O) groups excluding carboxylic acids is 1. The van der Waals surface area contributed by atoms with Gasteiger partial charge in [0.05, 0.1) is 6.54 Å². The van der Waals surface area contributed by atoms with E-state index in [1.807, 2.05) is 0 Å². The number of nitrogens with one attached hydrogen (secondary N) is 1. The Balaban J connectivity index is 2.48. The fourth-order valence-electron chi connectivity index (χ4n) is 3.04. The van der Waals surface area contributed by atoms with Crippen molar-refractivity contribution in [2.45, 2.75) is 79.3 Å². The van der Waals surface area contributed by atoms with Crippen LogP contribution in [-0.2, 0) is 4.79 Å². The van der Waals surface area contributed by atoms with Gasteiger partial charge in [-0.3, -0.25) is 4.79 Å². The summed E-state index contributed by atoms with van der Waals surface area (Å²) in [6.45, 7) is 16.8. The van der Waals surface area contributed by atoms with E-state index in [1.54, 1.807) is 0 Å². The molecule has 0 aromatic carbocycles. The predicted octanol–water partition coefficient (Wildman–Crippen LogP) is 3.44. The molecule has 0 spiro atoms. The summed E-state index contributed by atoms with van der Waals surface area (Å²) < 4.78 is 0. The van der Waals surface area contributed by atoms with Crippen LogP contribution in [0.4, 0.5) is 0 Å². The summed E-state index contributed by atoms with van der Waals surface area (Å²) in [6, 6.07) is 0.512. The highest BCUT2D eigenvalue weighted by molar-refractivity contribution is 5.79. The smallest absolute Gasteiger partial charge is 0.236 e.